The number of aromatic nitrogens is 3. The third-order valence-corrected chi connectivity index (χ3v) is 4.61. The van der Waals surface area contributed by atoms with Gasteiger partial charge in [0, 0.05) is 12.6 Å². The van der Waals surface area contributed by atoms with Crippen molar-refractivity contribution in [2.45, 2.75) is 45.6 Å². The van der Waals surface area contributed by atoms with Gasteiger partial charge in [0.1, 0.15) is 17.5 Å². The average molecular weight is 289 g/mol. The topological polar surface area (TPSA) is 81.1 Å². The number of nitrogens with two attached hydrogens (primary N) is 1. The van der Waals surface area contributed by atoms with Crippen molar-refractivity contribution in [2.75, 3.05) is 18.0 Å². The van der Waals surface area contributed by atoms with Gasteiger partial charge in [0.05, 0.1) is 5.69 Å². The van der Waals surface area contributed by atoms with Crippen LogP contribution in [0.1, 0.15) is 38.3 Å². The summed E-state index contributed by atoms with van der Waals surface area (Å²) < 4.78 is 5.27. The second kappa shape index (κ2) is 5.97. The van der Waals surface area contributed by atoms with Crippen LogP contribution in [0, 0.1) is 12.8 Å². The summed E-state index contributed by atoms with van der Waals surface area (Å²) in [7, 11) is 0. The maximum atomic E-state index is 6.00. The molecule has 114 valence electrons. The van der Waals surface area contributed by atoms with Gasteiger partial charge in [-0.2, -0.15) is 4.98 Å². The van der Waals surface area contributed by atoms with E-state index < -0.39 is 0 Å². The summed E-state index contributed by atoms with van der Waals surface area (Å²) in [4.78, 5) is 11.1. The molecule has 0 aliphatic heterocycles. The Morgan fingerprint density at radius 2 is 2.14 bits per heavy atom. The zero-order valence-corrected chi connectivity index (χ0v) is 12.7. The summed E-state index contributed by atoms with van der Waals surface area (Å²) in [5.74, 6) is 1.47. The molecule has 0 amide bonds. The van der Waals surface area contributed by atoms with Gasteiger partial charge in [0.25, 0.3) is 5.71 Å². The van der Waals surface area contributed by atoms with E-state index >= 15 is 0 Å². The lowest BCUT2D eigenvalue weighted by atomic mass is 9.83. The molecule has 0 bridgehead atoms. The van der Waals surface area contributed by atoms with Gasteiger partial charge in [-0.25, -0.2) is 4.98 Å². The first-order valence-corrected chi connectivity index (χ1v) is 7.80. The lowest BCUT2D eigenvalue weighted by Gasteiger charge is -2.40. The zero-order chi connectivity index (χ0) is 14.8. The highest BCUT2D eigenvalue weighted by Gasteiger charge is 2.31. The standard InChI is InChI=1S/C15H23N5O/c1-3-20(12-7-5-4-6-11(12)8-16)14-13-10(2)19-21-15(13)18-9-17-14/h9,11-12H,3-8,16H2,1-2H3. The highest BCUT2D eigenvalue weighted by molar-refractivity contribution is 5.88. The van der Waals surface area contributed by atoms with Gasteiger partial charge in [-0.3, -0.25) is 0 Å². The highest BCUT2D eigenvalue weighted by Crippen LogP contribution is 2.34. The fourth-order valence-electron chi connectivity index (χ4n) is 3.54. The Kier molecular flexibility index (Phi) is 4.05. The molecular formula is C15H23N5O. The monoisotopic (exact) mass is 289 g/mol. The van der Waals surface area contributed by atoms with Crippen LogP contribution < -0.4 is 10.6 Å². The predicted octanol–water partition coefficient (Wildman–Crippen LogP) is 2.27. The van der Waals surface area contributed by atoms with Crippen LogP contribution in [0.25, 0.3) is 11.1 Å². The van der Waals surface area contributed by atoms with Crippen LogP contribution in [0.15, 0.2) is 10.9 Å². The fraction of sp³-hybridized carbons (Fsp3) is 0.667. The van der Waals surface area contributed by atoms with E-state index in [1.165, 1.54) is 25.7 Å². The van der Waals surface area contributed by atoms with Gasteiger partial charge >= 0.3 is 0 Å². The lowest BCUT2D eigenvalue weighted by molar-refractivity contribution is 0.300. The molecule has 1 aliphatic rings. The summed E-state index contributed by atoms with van der Waals surface area (Å²) in [6.07, 6.45) is 6.47. The number of hydrogen-bond acceptors (Lipinski definition) is 6. The van der Waals surface area contributed by atoms with Crippen molar-refractivity contribution in [1.82, 2.24) is 15.1 Å². The van der Waals surface area contributed by atoms with E-state index in [2.05, 4.69) is 26.9 Å². The van der Waals surface area contributed by atoms with Crippen molar-refractivity contribution >= 4 is 16.9 Å². The third-order valence-electron chi connectivity index (χ3n) is 4.61. The van der Waals surface area contributed by atoms with Crippen molar-refractivity contribution in [2.24, 2.45) is 11.7 Å². The van der Waals surface area contributed by atoms with Crippen molar-refractivity contribution in [3.05, 3.63) is 12.0 Å². The predicted molar refractivity (Wildman–Crippen MR) is 82.2 cm³/mol. The molecule has 21 heavy (non-hydrogen) atoms. The maximum absolute atomic E-state index is 6.00. The molecule has 2 unspecified atom stereocenters. The molecule has 2 heterocycles. The Bertz CT molecular complexity index is 611. The average Bonchev–Trinajstić information content (AvgIpc) is 2.91. The second-order valence-electron chi connectivity index (χ2n) is 5.78. The molecule has 0 saturated heterocycles. The largest absolute Gasteiger partial charge is 0.353 e. The third kappa shape index (κ3) is 2.48. The normalized spacial score (nSPS) is 22.6. The number of aryl methyl sites for hydroxylation is 1. The Morgan fingerprint density at radius 1 is 1.33 bits per heavy atom. The van der Waals surface area contributed by atoms with Crippen molar-refractivity contribution in [1.29, 1.82) is 0 Å². The molecule has 3 rings (SSSR count). The van der Waals surface area contributed by atoms with E-state index in [4.69, 9.17) is 10.3 Å². The van der Waals surface area contributed by atoms with Gasteiger partial charge < -0.3 is 15.2 Å². The summed E-state index contributed by atoms with van der Waals surface area (Å²) in [6, 6.07) is 0.446. The van der Waals surface area contributed by atoms with E-state index in [1.54, 1.807) is 6.33 Å². The van der Waals surface area contributed by atoms with Gasteiger partial charge in [-0.05, 0) is 39.2 Å². The minimum absolute atomic E-state index is 0.446. The molecule has 2 atom stereocenters. The minimum atomic E-state index is 0.446. The first-order chi connectivity index (χ1) is 10.3. The Hall–Kier alpha value is -1.69. The molecule has 2 aromatic heterocycles. The molecule has 1 aliphatic carbocycles. The molecule has 0 aromatic carbocycles. The number of rotatable bonds is 4. The Morgan fingerprint density at radius 3 is 2.90 bits per heavy atom. The van der Waals surface area contributed by atoms with Crippen molar-refractivity contribution < 1.29 is 4.52 Å². The lowest BCUT2D eigenvalue weighted by Crippen LogP contribution is -2.45. The molecule has 6 nitrogen and oxygen atoms in total. The Labute approximate surface area is 124 Å². The molecule has 2 N–H and O–H groups in total. The summed E-state index contributed by atoms with van der Waals surface area (Å²) in [6.45, 7) is 5.74. The van der Waals surface area contributed by atoms with Crippen LogP contribution in [-0.4, -0.2) is 34.3 Å². The second-order valence-corrected chi connectivity index (χ2v) is 5.78. The quantitative estimate of drug-likeness (QED) is 0.930. The van der Waals surface area contributed by atoms with E-state index in [-0.39, 0.29) is 0 Å². The van der Waals surface area contributed by atoms with Crippen LogP contribution >= 0.6 is 0 Å². The minimum Gasteiger partial charge on any atom is -0.353 e. The highest BCUT2D eigenvalue weighted by atomic mass is 16.5. The summed E-state index contributed by atoms with van der Waals surface area (Å²) in [5, 5.41) is 4.96. The SMILES string of the molecule is CCN(c1ncnc2onc(C)c12)C1CCCCC1CN. The first-order valence-electron chi connectivity index (χ1n) is 7.80. The van der Waals surface area contributed by atoms with Gasteiger partial charge in [-0.1, -0.05) is 18.0 Å². The van der Waals surface area contributed by atoms with Crippen LogP contribution in [-0.2, 0) is 0 Å². The summed E-state index contributed by atoms with van der Waals surface area (Å²) in [5.41, 5.74) is 7.41. The molecule has 0 radical (unpaired) electrons. The zero-order valence-electron chi connectivity index (χ0n) is 12.7. The smallest absolute Gasteiger partial charge is 0.263 e. The van der Waals surface area contributed by atoms with Crippen LogP contribution in [0.3, 0.4) is 0 Å². The first kappa shape index (κ1) is 14.3. The molecule has 0 spiro atoms. The van der Waals surface area contributed by atoms with Crippen LogP contribution in [0.5, 0.6) is 0 Å². The number of fused-ring (bicyclic) bond motifs is 1. The van der Waals surface area contributed by atoms with Crippen molar-refractivity contribution in [3.63, 3.8) is 0 Å². The van der Waals surface area contributed by atoms with E-state index in [0.29, 0.717) is 17.7 Å². The Balaban J connectivity index is 2.03. The van der Waals surface area contributed by atoms with E-state index in [0.717, 1.165) is 30.0 Å². The van der Waals surface area contributed by atoms with Gasteiger partial charge in [-0.15, -0.1) is 0 Å². The van der Waals surface area contributed by atoms with Crippen LogP contribution in [0.4, 0.5) is 5.82 Å². The van der Waals surface area contributed by atoms with Gasteiger partial charge in [0.2, 0.25) is 0 Å². The van der Waals surface area contributed by atoms with E-state index in [1.807, 2.05) is 6.92 Å². The number of anilines is 1. The number of nitrogens with zero attached hydrogens (tertiary/aromatic N) is 4. The van der Waals surface area contributed by atoms with Crippen LogP contribution in [0.2, 0.25) is 0 Å². The molecule has 1 fully saturated rings. The molecule has 6 heteroatoms. The summed E-state index contributed by atoms with van der Waals surface area (Å²) >= 11 is 0. The van der Waals surface area contributed by atoms with Gasteiger partial charge in [0.15, 0.2) is 0 Å². The van der Waals surface area contributed by atoms with Crippen molar-refractivity contribution in [3.8, 4) is 0 Å². The molecule has 1 saturated carbocycles. The maximum Gasteiger partial charge on any atom is 0.263 e. The number of hydrogen-bond donors (Lipinski definition) is 1. The molecular weight excluding hydrogens is 266 g/mol. The fourth-order valence-corrected chi connectivity index (χ4v) is 3.54. The van der Waals surface area contributed by atoms with E-state index in [9.17, 15) is 0 Å². The molecule has 2 aromatic rings.